The maximum atomic E-state index is 5.65. The second-order valence-electron chi connectivity index (χ2n) is 5.91. The summed E-state index contributed by atoms with van der Waals surface area (Å²) in [5, 5.41) is 4.14. The average molecular weight is 310 g/mol. The maximum absolute atomic E-state index is 5.65. The highest BCUT2D eigenvalue weighted by atomic mass is 16.5. The highest BCUT2D eigenvalue weighted by molar-refractivity contribution is 5.45. The van der Waals surface area contributed by atoms with Crippen LogP contribution in [-0.2, 0) is 6.54 Å². The van der Waals surface area contributed by atoms with Crippen LogP contribution in [0.3, 0.4) is 0 Å². The zero-order valence-corrected chi connectivity index (χ0v) is 13.0. The number of aryl methyl sites for hydroxylation is 1. The van der Waals surface area contributed by atoms with Gasteiger partial charge in [0.05, 0.1) is 6.54 Å². The fraction of sp³-hybridized carbons (Fsp3) is 0.353. The molecule has 6 heteroatoms. The maximum Gasteiger partial charge on any atom is 0.276 e. The molecule has 0 aliphatic carbocycles. The molecule has 0 N–H and O–H groups in total. The van der Waals surface area contributed by atoms with E-state index in [2.05, 4.69) is 20.0 Å². The van der Waals surface area contributed by atoms with Crippen LogP contribution in [0.25, 0.3) is 11.6 Å². The van der Waals surface area contributed by atoms with Gasteiger partial charge in [0, 0.05) is 18.7 Å². The van der Waals surface area contributed by atoms with Crippen molar-refractivity contribution in [2.75, 3.05) is 13.1 Å². The van der Waals surface area contributed by atoms with Gasteiger partial charge in [0.25, 0.3) is 5.89 Å². The standard InChI is InChI=1S/C17H18N4O2/c1-12-5-6-14(22-12)11-21-9-7-13(10-21)16-19-17(23-20-16)15-4-2-3-8-18-15/h2-6,8,13H,7,9-11H2,1H3. The topological polar surface area (TPSA) is 68.2 Å². The summed E-state index contributed by atoms with van der Waals surface area (Å²) in [6.07, 6.45) is 2.75. The Morgan fingerprint density at radius 1 is 1.26 bits per heavy atom. The zero-order chi connectivity index (χ0) is 15.6. The van der Waals surface area contributed by atoms with Gasteiger partial charge in [-0.15, -0.1) is 0 Å². The van der Waals surface area contributed by atoms with Crippen LogP contribution in [0.5, 0.6) is 0 Å². The molecule has 3 aromatic rings. The highest BCUT2D eigenvalue weighted by Crippen LogP contribution is 2.28. The summed E-state index contributed by atoms with van der Waals surface area (Å²) in [6.45, 7) is 4.73. The van der Waals surface area contributed by atoms with Gasteiger partial charge in [-0.2, -0.15) is 4.98 Å². The number of likely N-dealkylation sites (tertiary alicyclic amines) is 1. The molecule has 1 saturated heterocycles. The van der Waals surface area contributed by atoms with Gasteiger partial charge in [0.2, 0.25) is 0 Å². The van der Waals surface area contributed by atoms with Crippen molar-refractivity contribution in [3.63, 3.8) is 0 Å². The predicted octanol–water partition coefficient (Wildman–Crippen LogP) is 3.02. The van der Waals surface area contributed by atoms with Crippen molar-refractivity contribution in [2.24, 2.45) is 0 Å². The van der Waals surface area contributed by atoms with Crippen molar-refractivity contribution in [1.82, 2.24) is 20.0 Å². The molecule has 4 heterocycles. The summed E-state index contributed by atoms with van der Waals surface area (Å²) in [5.74, 6) is 3.51. The number of nitrogens with zero attached hydrogens (tertiary/aromatic N) is 4. The lowest BCUT2D eigenvalue weighted by Gasteiger charge is -2.12. The Kier molecular flexibility index (Phi) is 3.67. The zero-order valence-electron chi connectivity index (χ0n) is 13.0. The lowest BCUT2D eigenvalue weighted by Crippen LogP contribution is -2.19. The Balaban J connectivity index is 1.43. The van der Waals surface area contributed by atoms with Crippen molar-refractivity contribution < 1.29 is 8.94 Å². The van der Waals surface area contributed by atoms with Gasteiger partial charge in [0.1, 0.15) is 17.2 Å². The lowest BCUT2D eigenvalue weighted by molar-refractivity contribution is 0.290. The van der Waals surface area contributed by atoms with E-state index in [1.165, 1.54) is 0 Å². The summed E-state index contributed by atoms with van der Waals surface area (Å²) in [5.41, 5.74) is 0.715. The first kappa shape index (κ1) is 14.1. The van der Waals surface area contributed by atoms with E-state index < -0.39 is 0 Å². The Bertz CT molecular complexity index is 781. The van der Waals surface area contributed by atoms with E-state index >= 15 is 0 Å². The van der Waals surface area contributed by atoms with Gasteiger partial charge in [-0.3, -0.25) is 9.88 Å². The molecule has 0 spiro atoms. The Hall–Kier alpha value is -2.47. The molecule has 0 bridgehead atoms. The average Bonchev–Trinajstić information content (AvgIpc) is 3.29. The fourth-order valence-corrected chi connectivity index (χ4v) is 2.97. The van der Waals surface area contributed by atoms with E-state index in [0.717, 1.165) is 43.4 Å². The summed E-state index contributed by atoms with van der Waals surface area (Å²) >= 11 is 0. The van der Waals surface area contributed by atoms with Gasteiger partial charge >= 0.3 is 0 Å². The van der Waals surface area contributed by atoms with Gasteiger partial charge in [0.15, 0.2) is 5.82 Å². The Morgan fingerprint density at radius 3 is 3.00 bits per heavy atom. The quantitative estimate of drug-likeness (QED) is 0.738. The second-order valence-corrected chi connectivity index (χ2v) is 5.91. The number of aromatic nitrogens is 3. The van der Waals surface area contributed by atoms with E-state index in [0.29, 0.717) is 17.5 Å². The van der Waals surface area contributed by atoms with E-state index in [-0.39, 0.29) is 0 Å². The molecule has 0 radical (unpaired) electrons. The largest absolute Gasteiger partial charge is 0.465 e. The monoisotopic (exact) mass is 310 g/mol. The summed E-state index contributed by atoms with van der Waals surface area (Å²) < 4.78 is 11.0. The van der Waals surface area contributed by atoms with Gasteiger partial charge in [-0.25, -0.2) is 0 Å². The first-order valence-electron chi connectivity index (χ1n) is 7.80. The van der Waals surface area contributed by atoms with Crippen molar-refractivity contribution in [3.05, 3.63) is 53.9 Å². The van der Waals surface area contributed by atoms with Crippen LogP contribution in [0.1, 0.15) is 29.7 Å². The van der Waals surface area contributed by atoms with E-state index in [4.69, 9.17) is 8.94 Å². The van der Waals surface area contributed by atoms with Crippen LogP contribution >= 0.6 is 0 Å². The van der Waals surface area contributed by atoms with E-state index in [9.17, 15) is 0 Å². The molecule has 1 unspecified atom stereocenters. The summed E-state index contributed by atoms with van der Waals surface area (Å²) in [6, 6.07) is 9.69. The summed E-state index contributed by atoms with van der Waals surface area (Å²) in [7, 11) is 0. The van der Waals surface area contributed by atoms with Crippen LogP contribution in [0.15, 0.2) is 45.5 Å². The smallest absolute Gasteiger partial charge is 0.276 e. The van der Waals surface area contributed by atoms with Gasteiger partial charge in [-0.1, -0.05) is 11.2 Å². The predicted molar refractivity (Wildman–Crippen MR) is 83.6 cm³/mol. The van der Waals surface area contributed by atoms with Crippen LogP contribution in [0.2, 0.25) is 0 Å². The molecule has 4 rings (SSSR count). The van der Waals surface area contributed by atoms with Gasteiger partial charge < -0.3 is 8.94 Å². The minimum Gasteiger partial charge on any atom is -0.465 e. The van der Waals surface area contributed by atoms with Crippen LogP contribution in [-0.4, -0.2) is 33.1 Å². The fourth-order valence-electron chi connectivity index (χ4n) is 2.97. The minimum absolute atomic E-state index is 0.298. The van der Waals surface area contributed by atoms with E-state index in [1.54, 1.807) is 6.20 Å². The molecule has 118 valence electrons. The summed E-state index contributed by atoms with van der Waals surface area (Å²) in [4.78, 5) is 11.1. The highest BCUT2D eigenvalue weighted by Gasteiger charge is 2.28. The number of pyridine rings is 1. The molecular formula is C17H18N4O2. The van der Waals surface area contributed by atoms with Crippen molar-refractivity contribution in [1.29, 1.82) is 0 Å². The second kappa shape index (κ2) is 5.96. The van der Waals surface area contributed by atoms with Crippen LogP contribution in [0, 0.1) is 6.92 Å². The molecule has 23 heavy (non-hydrogen) atoms. The lowest BCUT2D eigenvalue weighted by atomic mass is 10.1. The van der Waals surface area contributed by atoms with Crippen molar-refractivity contribution in [2.45, 2.75) is 25.8 Å². The molecule has 0 aromatic carbocycles. The first-order chi connectivity index (χ1) is 11.3. The van der Waals surface area contributed by atoms with Crippen LogP contribution in [0.4, 0.5) is 0 Å². The molecule has 1 aliphatic rings. The molecule has 1 fully saturated rings. The number of furan rings is 1. The third-order valence-corrected chi connectivity index (χ3v) is 4.14. The SMILES string of the molecule is Cc1ccc(CN2CCC(c3noc(-c4ccccn4)n3)C2)o1. The third kappa shape index (κ3) is 3.03. The van der Waals surface area contributed by atoms with Crippen LogP contribution < -0.4 is 0 Å². The number of hydrogen-bond acceptors (Lipinski definition) is 6. The molecule has 1 atom stereocenters. The normalized spacial score (nSPS) is 18.6. The molecule has 3 aromatic heterocycles. The van der Waals surface area contributed by atoms with Crippen molar-refractivity contribution in [3.8, 4) is 11.6 Å². The Morgan fingerprint density at radius 2 is 2.22 bits per heavy atom. The first-order valence-corrected chi connectivity index (χ1v) is 7.80. The minimum atomic E-state index is 0.298. The molecule has 1 aliphatic heterocycles. The molecular weight excluding hydrogens is 292 g/mol. The van der Waals surface area contributed by atoms with Gasteiger partial charge in [-0.05, 0) is 44.2 Å². The van der Waals surface area contributed by atoms with E-state index in [1.807, 2.05) is 37.3 Å². The third-order valence-electron chi connectivity index (χ3n) is 4.14. The molecule has 0 saturated carbocycles. The molecule has 6 nitrogen and oxygen atoms in total. The molecule has 0 amide bonds. The Labute approximate surface area is 134 Å². The number of rotatable bonds is 4. The number of hydrogen-bond donors (Lipinski definition) is 0. The van der Waals surface area contributed by atoms with Crippen molar-refractivity contribution >= 4 is 0 Å².